The molecular weight excluding hydrogens is 367 g/mol. The number of carbonyl (C=O) groups excluding carboxylic acids is 1. The van der Waals surface area contributed by atoms with Gasteiger partial charge >= 0.3 is 6.18 Å². The van der Waals surface area contributed by atoms with Gasteiger partial charge in [0.15, 0.2) is 0 Å². The van der Waals surface area contributed by atoms with Crippen LogP contribution >= 0.6 is 0 Å². The predicted molar refractivity (Wildman–Crippen MR) is 97.4 cm³/mol. The van der Waals surface area contributed by atoms with E-state index in [-0.39, 0.29) is 5.91 Å². The molecule has 0 radical (unpaired) electrons. The van der Waals surface area contributed by atoms with Crippen molar-refractivity contribution in [2.24, 2.45) is 0 Å². The third-order valence-electron chi connectivity index (χ3n) is 4.78. The Hall–Kier alpha value is -3.22. The van der Waals surface area contributed by atoms with Crippen molar-refractivity contribution in [3.8, 4) is 11.1 Å². The van der Waals surface area contributed by atoms with Gasteiger partial charge in [-0.15, -0.1) is 0 Å². The lowest BCUT2D eigenvalue weighted by molar-refractivity contribution is -0.137. The zero-order chi connectivity index (χ0) is 19.7. The molecule has 0 saturated heterocycles. The van der Waals surface area contributed by atoms with Crippen LogP contribution in [0.4, 0.5) is 13.2 Å². The smallest absolute Gasteiger partial charge is 0.331 e. The Kier molecular flexibility index (Phi) is 4.58. The number of nitrogens with zero attached hydrogens (tertiary/aromatic N) is 3. The first-order valence-corrected chi connectivity index (χ1v) is 8.77. The highest BCUT2D eigenvalue weighted by Gasteiger charge is 2.30. The van der Waals surface area contributed by atoms with Gasteiger partial charge < -0.3 is 4.90 Å². The number of hydrogen-bond acceptors (Lipinski definition) is 3. The first-order chi connectivity index (χ1) is 13.4. The van der Waals surface area contributed by atoms with Crippen LogP contribution in [-0.2, 0) is 19.1 Å². The zero-order valence-corrected chi connectivity index (χ0v) is 14.8. The number of benzene rings is 2. The maximum absolute atomic E-state index is 12.9. The van der Waals surface area contributed by atoms with Gasteiger partial charge in [-0.25, -0.2) is 9.97 Å². The summed E-state index contributed by atoms with van der Waals surface area (Å²) in [4.78, 5) is 22.9. The normalized spacial score (nSPS) is 14.1. The van der Waals surface area contributed by atoms with Crippen LogP contribution in [0.15, 0.2) is 60.9 Å². The van der Waals surface area contributed by atoms with Gasteiger partial charge in [-0.3, -0.25) is 4.79 Å². The standard InChI is InChI=1S/C21H16F3N3O/c22-21(23,24)17-6-4-14(5-7-17)16-3-2-15-8-11-27(20(28)18(15)12-16)13-19-25-9-1-10-26-19/h1-7,9-10,12H,8,11,13H2. The summed E-state index contributed by atoms with van der Waals surface area (Å²) in [6.45, 7) is 0.896. The van der Waals surface area contributed by atoms with Crippen molar-refractivity contribution in [1.82, 2.24) is 14.9 Å². The topological polar surface area (TPSA) is 46.1 Å². The van der Waals surface area contributed by atoms with E-state index in [2.05, 4.69) is 9.97 Å². The molecule has 2 aromatic carbocycles. The zero-order valence-electron chi connectivity index (χ0n) is 14.8. The largest absolute Gasteiger partial charge is 0.416 e. The van der Waals surface area contributed by atoms with Gasteiger partial charge in [-0.1, -0.05) is 24.3 Å². The highest BCUT2D eigenvalue weighted by atomic mass is 19.4. The van der Waals surface area contributed by atoms with Crippen LogP contribution < -0.4 is 0 Å². The van der Waals surface area contributed by atoms with E-state index < -0.39 is 11.7 Å². The molecule has 4 rings (SSSR count). The summed E-state index contributed by atoms with van der Waals surface area (Å²) in [5, 5.41) is 0. The lowest BCUT2D eigenvalue weighted by atomic mass is 9.94. The average molecular weight is 383 g/mol. The fourth-order valence-electron chi connectivity index (χ4n) is 3.29. The molecule has 0 bridgehead atoms. The summed E-state index contributed by atoms with van der Waals surface area (Å²) >= 11 is 0. The minimum absolute atomic E-state index is 0.123. The van der Waals surface area contributed by atoms with E-state index in [1.54, 1.807) is 29.4 Å². The molecule has 2 heterocycles. The average Bonchev–Trinajstić information content (AvgIpc) is 2.70. The Morgan fingerprint density at radius 1 is 0.964 bits per heavy atom. The summed E-state index contributed by atoms with van der Waals surface area (Å²) in [7, 11) is 0. The summed E-state index contributed by atoms with van der Waals surface area (Å²) in [5.41, 5.74) is 2.15. The number of hydrogen-bond donors (Lipinski definition) is 0. The van der Waals surface area contributed by atoms with Crippen LogP contribution in [0.5, 0.6) is 0 Å². The van der Waals surface area contributed by atoms with Crippen molar-refractivity contribution in [3.05, 3.63) is 83.4 Å². The second-order valence-corrected chi connectivity index (χ2v) is 6.59. The van der Waals surface area contributed by atoms with Gasteiger partial charge in [0, 0.05) is 24.5 Å². The molecule has 0 saturated carbocycles. The molecule has 28 heavy (non-hydrogen) atoms. The van der Waals surface area contributed by atoms with E-state index in [4.69, 9.17) is 0 Å². The molecule has 7 heteroatoms. The lowest BCUT2D eigenvalue weighted by Crippen LogP contribution is -2.37. The van der Waals surface area contributed by atoms with Crippen molar-refractivity contribution in [2.45, 2.75) is 19.1 Å². The molecule has 1 aliphatic rings. The quantitative estimate of drug-likeness (QED) is 0.675. The third kappa shape index (κ3) is 3.60. The first kappa shape index (κ1) is 18.2. The molecule has 0 aliphatic carbocycles. The molecular formula is C21H16F3N3O. The molecule has 1 amide bonds. The second-order valence-electron chi connectivity index (χ2n) is 6.59. The maximum Gasteiger partial charge on any atom is 0.416 e. The van der Waals surface area contributed by atoms with E-state index in [1.165, 1.54) is 12.1 Å². The van der Waals surface area contributed by atoms with Gasteiger partial charge in [0.05, 0.1) is 12.1 Å². The highest BCUT2D eigenvalue weighted by molar-refractivity contribution is 5.98. The Morgan fingerprint density at radius 3 is 2.32 bits per heavy atom. The predicted octanol–water partition coefficient (Wildman–Crippen LogP) is 4.36. The monoisotopic (exact) mass is 383 g/mol. The van der Waals surface area contributed by atoms with E-state index in [1.807, 2.05) is 12.1 Å². The van der Waals surface area contributed by atoms with Crippen LogP contribution in [0.3, 0.4) is 0 Å². The molecule has 0 atom stereocenters. The van der Waals surface area contributed by atoms with Gasteiger partial charge in [0.2, 0.25) is 0 Å². The fourth-order valence-corrected chi connectivity index (χ4v) is 3.29. The summed E-state index contributed by atoms with van der Waals surface area (Å²) in [6.07, 6.45) is -0.396. The summed E-state index contributed by atoms with van der Waals surface area (Å²) < 4.78 is 38.3. The van der Waals surface area contributed by atoms with Crippen LogP contribution in [0.25, 0.3) is 11.1 Å². The van der Waals surface area contributed by atoms with Crippen molar-refractivity contribution < 1.29 is 18.0 Å². The molecule has 4 nitrogen and oxygen atoms in total. The van der Waals surface area contributed by atoms with Crippen molar-refractivity contribution in [3.63, 3.8) is 0 Å². The number of carbonyl (C=O) groups is 1. The number of alkyl halides is 3. The summed E-state index contributed by atoms with van der Waals surface area (Å²) in [5.74, 6) is 0.445. The number of amides is 1. The maximum atomic E-state index is 12.9. The summed E-state index contributed by atoms with van der Waals surface area (Å²) in [6, 6.07) is 12.1. The molecule has 0 spiro atoms. The highest BCUT2D eigenvalue weighted by Crippen LogP contribution is 2.32. The number of rotatable bonds is 3. The Bertz CT molecular complexity index is 1000. The minimum Gasteiger partial charge on any atom is -0.331 e. The van der Waals surface area contributed by atoms with Crippen LogP contribution in [0.2, 0.25) is 0 Å². The van der Waals surface area contributed by atoms with Gasteiger partial charge in [0.1, 0.15) is 5.82 Å². The van der Waals surface area contributed by atoms with Crippen LogP contribution in [-0.4, -0.2) is 27.3 Å². The third-order valence-corrected chi connectivity index (χ3v) is 4.78. The van der Waals surface area contributed by atoms with Crippen molar-refractivity contribution in [1.29, 1.82) is 0 Å². The van der Waals surface area contributed by atoms with Gasteiger partial charge in [-0.2, -0.15) is 13.2 Å². The fraction of sp³-hybridized carbons (Fsp3) is 0.190. The molecule has 1 aromatic heterocycles. The van der Waals surface area contributed by atoms with E-state index >= 15 is 0 Å². The molecule has 3 aromatic rings. The van der Waals surface area contributed by atoms with Crippen LogP contribution in [0, 0.1) is 0 Å². The number of aromatic nitrogens is 2. The van der Waals surface area contributed by atoms with Crippen molar-refractivity contribution >= 4 is 5.91 Å². The molecule has 0 fully saturated rings. The van der Waals surface area contributed by atoms with Gasteiger partial charge in [-0.05, 0) is 47.4 Å². The Labute approximate surface area is 159 Å². The van der Waals surface area contributed by atoms with E-state index in [9.17, 15) is 18.0 Å². The van der Waals surface area contributed by atoms with Crippen LogP contribution in [0.1, 0.15) is 27.3 Å². The minimum atomic E-state index is -4.37. The van der Waals surface area contributed by atoms with Crippen molar-refractivity contribution in [2.75, 3.05) is 6.54 Å². The first-order valence-electron chi connectivity index (χ1n) is 8.77. The lowest BCUT2D eigenvalue weighted by Gasteiger charge is -2.28. The molecule has 0 unspecified atom stereocenters. The Morgan fingerprint density at radius 2 is 1.64 bits per heavy atom. The second kappa shape index (κ2) is 7.07. The molecule has 1 aliphatic heterocycles. The SMILES string of the molecule is O=C1c2cc(-c3ccc(C(F)(F)F)cc3)ccc2CCN1Cc1ncccn1. The number of fused-ring (bicyclic) bond motifs is 1. The van der Waals surface area contributed by atoms with E-state index in [0.29, 0.717) is 42.0 Å². The van der Waals surface area contributed by atoms with E-state index in [0.717, 1.165) is 17.7 Å². The van der Waals surface area contributed by atoms with Gasteiger partial charge in [0.25, 0.3) is 5.91 Å². The molecule has 142 valence electrons. The number of halogens is 3. The Balaban J connectivity index is 1.60. The molecule has 0 N–H and O–H groups in total.